The zero-order valence-corrected chi connectivity index (χ0v) is 10.3. The van der Waals surface area contributed by atoms with Crippen LogP contribution >= 0.6 is 11.6 Å². The summed E-state index contributed by atoms with van der Waals surface area (Å²) in [6.45, 7) is -0.369. The molecular formula is C11H7ClF4N2O. The highest BCUT2D eigenvalue weighted by Gasteiger charge is 2.31. The third-order valence-electron chi connectivity index (χ3n) is 2.42. The van der Waals surface area contributed by atoms with Crippen molar-refractivity contribution in [3.8, 4) is 0 Å². The second-order valence-corrected chi connectivity index (χ2v) is 4.38. The number of hydrogen-bond acceptors (Lipinski definition) is 2. The van der Waals surface area contributed by atoms with Crippen molar-refractivity contribution in [2.24, 2.45) is 0 Å². The Kier molecular flexibility index (Phi) is 3.25. The van der Waals surface area contributed by atoms with Crippen molar-refractivity contribution >= 4 is 28.4 Å². The molecule has 0 fully saturated rings. The van der Waals surface area contributed by atoms with E-state index in [1.165, 1.54) is 0 Å². The zero-order valence-electron chi connectivity index (χ0n) is 9.55. The van der Waals surface area contributed by atoms with Gasteiger partial charge in [0.1, 0.15) is 12.1 Å². The highest BCUT2D eigenvalue weighted by molar-refractivity contribution is 6.31. The molecule has 102 valence electrons. The highest BCUT2D eigenvalue weighted by atomic mass is 35.5. The number of Topliss-reactive ketones (excluding diaryl/α,β-unsaturated/α-hetero) is 1. The first-order valence-electron chi connectivity index (χ1n) is 5.12. The monoisotopic (exact) mass is 294 g/mol. The number of imidazole rings is 1. The number of rotatable bonds is 2. The summed E-state index contributed by atoms with van der Waals surface area (Å²) in [5, 5.41) is -0.0663. The predicted molar refractivity (Wildman–Crippen MR) is 60.8 cm³/mol. The van der Waals surface area contributed by atoms with E-state index in [4.69, 9.17) is 11.6 Å². The summed E-state index contributed by atoms with van der Waals surface area (Å²) in [4.78, 5) is 14.9. The van der Waals surface area contributed by atoms with Crippen LogP contribution in [-0.4, -0.2) is 21.5 Å². The van der Waals surface area contributed by atoms with Crippen molar-refractivity contribution in [3.63, 3.8) is 0 Å². The van der Waals surface area contributed by atoms with Gasteiger partial charge in [0, 0.05) is 11.9 Å². The fourth-order valence-corrected chi connectivity index (χ4v) is 1.96. The van der Waals surface area contributed by atoms with E-state index in [1.807, 2.05) is 0 Å². The number of carbonyl (C=O) groups excluding carboxylic acids is 1. The molecule has 0 aliphatic heterocycles. The summed E-state index contributed by atoms with van der Waals surface area (Å²) >= 11 is 5.61. The Morgan fingerprint density at radius 1 is 1.42 bits per heavy atom. The van der Waals surface area contributed by atoms with Gasteiger partial charge in [-0.2, -0.15) is 13.2 Å². The molecule has 0 aliphatic carbocycles. The molecule has 0 radical (unpaired) electrons. The van der Waals surface area contributed by atoms with Crippen LogP contribution in [0.5, 0.6) is 0 Å². The van der Waals surface area contributed by atoms with Crippen LogP contribution in [0.1, 0.15) is 17.5 Å². The van der Waals surface area contributed by atoms with Crippen LogP contribution in [0.15, 0.2) is 12.1 Å². The van der Waals surface area contributed by atoms with Crippen molar-refractivity contribution in [1.29, 1.82) is 0 Å². The SMILES string of the molecule is CC(=O)c1nc2c(F)cc(Cl)cc2n1CC(F)(F)F. The van der Waals surface area contributed by atoms with Gasteiger partial charge >= 0.3 is 6.18 Å². The largest absolute Gasteiger partial charge is 0.406 e. The first-order chi connectivity index (χ1) is 8.69. The molecule has 0 saturated carbocycles. The van der Waals surface area contributed by atoms with E-state index >= 15 is 0 Å². The molecule has 0 unspecified atom stereocenters. The van der Waals surface area contributed by atoms with Crippen molar-refractivity contribution in [2.45, 2.75) is 19.6 Å². The van der Waals surface area contributed by atoms with Crippen LogP contribution in [0.3, 0.4) is 0 Å². The molecule has 19 heavy (non-hydrogen) atoms. The maximum absolute atomic E-state index is 13.6. The molecule has 0 spiro atoms. The maximum Gasteiger partial charge on any atom is 0.406 e. The second-order valence-electron chi connectivity index (χ2n) is 3.95. The topological polar surface area (TPSA) is 34.9 Å². The van der Waals surface area contributed by atoms with Gasteiger partial charge in [-0.25, -0.2) is 9.37 Å². The first kappa shape index (κ1) is 13.8. The van der Waals surface area contributed by atoms with E-state index in [2.05, 4.69) is 4.98 Å². The Bertz CT molecular complexity index is 663. The van der Waals surface area contributed by atoms with Crippen LogP contribution in [0.2, 0.25) is 5.02 Å². The number of hydrogen-bond donors (Lipinski definition) is 0. The molecule has 1 aromatic heterocycles. The summed E-state index contributed by atoms with van der Waals surface area (Å²) < 4.78 is 51.7. The number of aromatic nitrogens is 2. The van der Waals surface area contributed by atoms with Crippen LogP contribution < -0.4 is 0 Å². The Morgan fingerprint density at radius 3 is 2.58 bits per heavy atom. The molecule has 2 rings (SSSR count). The minimum Gasteiger partial charge on any atom is -0.312 e. The van der Waals surface area contributed by atoms with Gasteiger partial charge in [-0.3, -0.25) is 4.79 Å². The molecule has 0 atom stereocenters. The fourth-order valence-electron chi connectivity index (χ4n) is 1.76. The van der Waals surface area contributed by atoms with Crippen molar-refractivity contribution in [1.82, 2.24) is 9.55 Å². The molecule has 0 amide bonds. The molecule has 0 aliphatic rings. The minimum atomic E-state index is -4.56. The molecule has 1 heterocycles. The summed E-state index contributed by atoms with van der Waals surface area (Å²) in [6, 6.07) is 2.07. The van der Waals surface area contributed by atoms with Crippen LogP contribution in [0.4, 0.5) is 17.6 Å². The molecule has 0 saturated heterocycles. The van der Waals surface area contributed by atoms with Crippen LogP contribution in [0, 0.1) is 5.82 Å². The van der Waals surface area contributed by atoms with Gasteiger partial charge in [0.2, 0.25) is 0 Å². The Balaban J connectivity index is 2.76. The van der Waals surface area contributed by atoms with Gasteiger partial charge in [0.15, 0.2) is 17.4 Å². The van der Waals surface area contributed by atoms with Gasteiger partial charge < -0.3 is 4.57 Å². The van der Waals surface area contributed by atoms with Crippen molar-refractivity contribution in [3.05, 3.63) is 28.8 Å². The Morgan fingerprint density at radius 2 is 2.05 bits per heavy atom. The van der Waals surface area contributed by atoms with E-state index < -0.39 is 30.1 Å². The quantitative estimate of drug-likeness (QED) is 0.626. The predicted octanol–water partition coefficient (Wildman–Crippen LogP) is 3.59. The van der Waals surface area contributed by atoms with E-state index in [-0.39, 0.29) is 16.1 Å². The van der Waals surface area contributed by atoms with Gasteiger partial charge in [0.25, 0.3) is 0 Å². The lowest BCUT2D eigenvalue weighted by atomic mass is 10.3. The van der Waals surface area contributed by atoms with E-state index in [1.54, 1.807) is 0 Å². The number of fused-ring (bicyclic) bond motifs is 1. The van der Waals surface area contributed by atoms with Gasteiger partial charge in [0.05, 0.1) is 5.52 Å². The van der Waals surface area contributed by atoms with Crippen LogP contribution in [0.25, 0.3) is 11.0 Å². The lowest BCUT2D eigenvalue weighted by Gasteiger charge is -2.10. The van der Waals surface area contributed by atoms with Crippen LogP contribution in [-0.2, 0) is 6.54 Å². The molecule has 0 bridgehead atoms. The average Bonchev–Trinajstić information content (AvgIpc) is 2.55. The molecule has 1 aromatic carbocycles. The van der Waals surface area contributed by atoms with Gasteiger partial charge in [-0.1, -0.05) is 11.6 Å². The molecule has 3 nitrogen and oxygen atoms in total. The smallest absolute Gasteiger partial charge is 0.312 e. The normalized spacial score (nSPS) is 12.1. The number of carbonyl (C=O) groups is 1. The minimum absolute atomic E-state index is 0.0663. The lowest BCUT2D eigenvalue weighted by molar-refractivity contribution is -0.140. The number of halogens is 5. The fraction of sp³-hybridized carbons (Fsp3) is 0.273. The Hall–Kier alpha value is -1.63. The lowest BCUT2D eigenvalue weighted by Crippen LogP contribution is -2.20. The Labute approximate surface area is 109 Å². The van der Waals surface area contributed by atoms with Crippen molar-refractivity contribution < 1.29 is 22.4 Å². The number of alkyl halides is 3. The number of ketones is 1. The van der Waals surface area contributed by atoms with Crippen molar-refractivity contribution in [2.75, 3.05) is 0 Å². The van der Waals surface area contributed by atoms with Gasteiger partial charge in [-0.15, -0.1) is 0 Å². The summed E-state index contributed by atoms with van der Waals surface area (Å²) in [5.74, 6) is -2.00. The third-order valence-corrected chi connectivity index (χ3v) is 2.64. The van der Waals surface area contributed by atoms with E-state index in [0.717, 1.165) is 19.1 Å². The number of nitrogens with zero attached hydrogens (tertiary/aromatic N) is 2. The summed E-state index contributed by atoms with van der Waals surface area (Å²) in [6.07, 6.45) is -4.56. The standard InChI is InChI=1S/C11H7ClF4N2O/c1-5(19)10-17-9-7(13)2-6(12)3-8(9)18(10)4-11(14,15)16/h2-3H,4H2,1H3. The second kappa shape index (κ2) is 4.48. The summed E-state index contributed by atoms with van der Waals surface area (Å²) in [7, 11) is 0. The molecular weight excluding hydrogens is 288 g/mol. The molecule has 2 aromatic rings. The maximum atomic E-state index is 13.6. The van der Waals surface area contributed by atoms with E-state index in [0.29, 0.717) is 4.57 Å². The third kappa shape index (κ3) is 2.70. The first-order valence-corrected chi connectivity index (χ1v) is 5.50. The summed E-state index contributed by atoms with van der Waals surface area (Å²) in [5.41, 5.74) is -0.466. The highest BCUT2D eigenvalue weighted by Crippen LogP contribution is 2.27. The molecule has 0 N–H and O–H groups in total. The van der Waals surface area contributed by atoms with Gasteiger partial charge in [-0.05, 0) is 12.1 Å². The van der Waals surface area contributed by atoms with E-state index in [9.17, 15) is 22.4 Å². The average molecular weight is 295 g/mol. The molecule has 8 heteroatoms. The zero-order chi connectivity index (χ0) is 14.4. The number of benzene rings is 1.